The van der Waals surface area contributed by atoms with Crippen molar-refractivity contribution in [1.29, 1.82) is 0 Å². The first-order valence-corrected chi connectivity index (χ1v) is 44.5. The number of anilines is 1. The number of nitrogens with zero attached hydrogens (tertiary/aromatic N) is 16. The molecule has 0 fully saturated rings. The third-order valence-corrected chi connectivity index (χ3v) is 23.9. The van der Waals surface area contributed by atoms with Crippen molar-refractivity contribution >= 4 is 353 Å². The maximum absolute atomic E-state index is 13.6. The zero-order chi connectivity index (χ0) is 97.5. The van der Waals surface area contributed by atoms with Gasteiger partial charge in [-0.25, -0.2) is 48.9 Å². The summed E-state index contributed by atoms with van der Waals surface area (Å²) >= 11 is 83.1. The number of carbonyl (C=O) groups is 1. The molecule has 8 N–H and O–H groups in total. The van der Waals surface area contributed by atoms with E-state index in [9.17, 15) is 78.1 Å². The van der Waals surface area contributed by atoms with Gasteiger partial charge in [-0.05, 0) is 111 Å². The van der Waals surface area contributed by atoms with E-state index >= 15 is 0 Å². The number of hydrogen-bond acceptors (Lipinski definition) is 24. The van der Waals surface area contributed by atoms with Crippen LogP contribution in [-0.4, -0.2) is 139 Å². The van der Waals surface area contributed by atoms with Crippen LogP contribution < -0.4 is 38.8 Å². The van der Waals surface area contributed by atoms with E-state index < -0.39 is 34.4 Å². The van der Waals surface area contributed by atoms with Gasteiger partial charge in [0.2, 0.25) is 5.69 Å². The zero-order valence-electron chi connectivity index (χ0n) is 72.3. The Morgan fingerprint density at radius 3 is 1.08 bits per heavy atom. The Morgan fingerprint density at radius 2 is 0.727 bits per heavy atom. The topological polar surface area (TPSA) is 412 Å². The van der Waals surface area contributed by atoms with Crippen molar-refractivity contribution in [2.45, 2.75) is 100 Å². The first kappa shape index (κ1) is 121. The molecular formula is C86H76Br6Cl14F2N17O14+. The molecule has 0 aliphatic carbocycles. The summed E-state index contributed by atoms with van der Waals surface area (Å²) < 4.78 is 35.8. The van der Waals surface area contributed by atoms with E-state index in [0.717, 1.165) is 49.3 Å². The number of aliphatic imine (C=N–C) groups is 1. The molecule has 742 valence electrons. The fourth-order valence-electron chi connectivity index (χ4n) is 13.0. The number of phenols is 7. The number of nitrogens with one attached hydrogen (secondary N) is 1. The van der Waals surface area contributed by atoms with Crippen LogP contribution in [0, 0.1) is 17.6 Å². The molecule has 53 heteroatoms. The Morgan fingerprint density at radius 1 is 0.403 bits per heavy atom. The van der Waals surface area contributed by atoms with Crippen molar-refractivity contribution in [3.63, 3.8) is 0 Å². The highest BCUT2D eigenvalue weighted by Crippen LogP contribution is 2.44. The number of likely N-dealkylation sites (N-methyl/N-ethyl adjacent to an activating group) is 1. The summed E-state index contributed by atoms with van der Waals surface area (Å²) in [5.41, 5.74) is 1.49. The molecule has 139 heavy (non-hydrogen) atoms. The van der Waals surface area contributed by atoms with Gasteiger partial charge in [-0.1, -0.05) is 210 Å². The summed E-state index contributed by atoms with van der Waals surface area (Å²) in [4.78, 5) is 122. The van der Waals surface area contributed by atoms with Crippen LogP contribution in [0.15, 0.2) is 151 Å². The summed E-state index contributed by atoms with van der Waals surface area (Å²) in [6.45, 7) is 18.2. The Hall–Kier alpha value is -8.04. The van der Waals surface area contributed by atoms with E-state index in [2.05, 4.69) is 70.1 Å². The largest absolute Gasteiger partial charge is 0.504 e. The number of hydrazine groups is 1. The van der Waals surface area contributed by atoms with Crippen molar-refractivity contribution in [3.05, 3.63) is 278 Å². The fourth-order valence-corrected chi connectivity index (χ4v) is 16.8. The van der Waals surface area contributed by atoms with Crippen molar-refractivity contribution in [3.8, 4) is 40.2 Å². The van der Waals surface area contributed by atoms with Crippen molar-refractivity contribution < 1.29 is 54.0 Å². The Balaban J connectivity index is 0.000000298. The molecule has 0 radical (unpaired) electrons. The minimum atomic E-state index is -0.907. The number of carbonyl (C=O) groups excluding carboxylic acids is 1. The molecule has 0 unspecified atom stereocenters. The SMILES string of the molecule is Br.Br.Br.Br.Br.Br.CC(C)Cn1cnc2c(O)c(Cl)cc(Cl)c2c1=O.CC(C)n1cnc2c(O)c(Cl)cc(Cl)c2c1=O.CCCCn1cnc2c(O)c(Cl)cc(Cl)c2c1=O.CCN(CC)CCn1cnc2c(O)c(Cl)cc(Cl)c2c1=O.O=C1c2c(Cl)cc(Cl)c(O)c2N=C=[N+]1Nc1ccc(F)cc1F.O=c1c2c(Cl)cc(Cl)c(O)c2ncn1Cc1cccc(Cn2cnc3c(O)c(Cl)cc(Cl)c3c2=O)n1. The highest BCUT2D eigenvalue weighted by atomic mass is 79.9. The van der Waals surface area contributed by atoms with Gasteiger partial charge in [-0.2, -0.15) is 0 Å². The predicted molar refractivity (Wildman–Crippen MR) is 578 cm³/mol. The maximum Gasteiger partial charge on any atom is 0.378 e. The van der Waals surface area contributed by atoms with Gasteiger partial charge in [0.15, 0.2) is 46.1 Å². The normalized spacial score (nSPS) is 11.1. The van der Waals surface area contributed by atoms with Crippen LogP contribution in [0.2, 0.25) is 70.3 Å². The van der Waals surface area contributed by atoms with Crippen LogP contribution in [0.1, 0.15) is 89.1 Å². The molecule has 31 nitrogen and oxygen atoms in total. The molecule has 8 heterocycles. The molecule has 0 saturated heterocycles. The second-order valence-electron chi connectivity index (χ2n) is 29.5. The smallest absolute Gasteiger partial charge is 0.378 e. The van der Waals surface area contributed by atoms with Crippen molar-refractivity contribution in [2.75, 3.05) is 25.1 Å². The number of unbranched alkanes of at least 4 members (excludes halogenated alkanes) is 1. The summed E-state index contributed by atoms with van der Waals surface area (Å²) in [7, 11) is 0. The van der Waals surface area contributed by atoms with E-state index in [1.54, 1.807) is 18.2 Å². The van der Waals surface area contributed by atoms with Crippen LogP contribution in [0.5, 0.6) is 40.2 Å². The lowest BCUT2D eigenvalue weighted by atomic mass is 10.1. The van der Waals surface area contributed by atoms with Crippen molar-refractivity contribution in [2.24, 2.45) is 10.9 Å². The fraction of sp³-hybridized carbons (Fsp3) is 0.221. The molecule has 1 aliphatic heterocycles. The number of pyridine rings is 1. The van der Waals surface area contributed by atoms with Gasteiger partial charge in [0.05, 0.1) is 165 Å². The molecule has 7 aromatic heterocycles. The van der Waals surface area contributed by atoms with Gasteiger partial charge in [0.1, 0.15) is 50.2 Å². The van der Waals surface area contributed by atoms with Crippen molar-refractivity contribution in [1.82, 2.24) is 67.2 Å². The number of hydrazone groups is 1. The quantitative estimate of drug-likeness (QED) is 0.0392. The van der Waals surface area contributed by atoms with E-state index in [4.69, 9.17) is 162 Å². The number of hydrogen-bond donors (Lipinski definition) is 8. The van der Waals surface area contributed by atoms with E-state index in [1.165, 1.54) is 108 Å². The van der Waals surface area contributed by atoms with Gasteiger partial charge < -0.3 is 40.6 Å². The minimum absolute atomic E-state index is 0. The van der Waals surface area contributed by atoms with E-state index in [1.807, 2.05) is 34.6 Å². The number of phenolic OH excluding ortho intramolecular Hbond substituents is 7. The standard InChI is InChI=1S/C23H13Cl4N5O4.C14H5Cl2F2N3O2.C14H17Cl2N3O2.2C12H12Cl2N2O2.C11H10Cl2N2O2.6BrH/c24-12-4-14(26)20(33)18-16(12)22(35)31(8-28-18)6-10-2-1-3-11(30-10)7-32-9-29-19-17(23(32)36)13(25)5-15(27)21(19)34;15-7-4-8(16)13(22)12-11(7)14(23)21(5-19-12)20-10-2-1-6(17)3-9(10)18;1-3-18(4-2)5-6-19-8-17-12-11(14(19)21)9(15)7-10(16)13(12)20;1-6(2)4-16-5-15-10-9(12(16)18)7(13)3-8(14)11(10)17;1-2-3-4-16-6-15-10-9(12(16)18)7(13)5-8(14)11(10)17;1-5(2)15-4-14-9-8(11(15)17)6(12)3-7(13)10(9)16;;;;;;/h1-5,8-9,33-34H,6-7H2;1-4,20H;7-8,20H,3-6H2,1-2H3;3,5-6,17H,4H2,1-2H3;5-6,17H,2-4H2,1H3;3-5,16H,1-2H3;6*1H/p+1. The zero-order valence-corrected chi connectivity index (χ0v) is 93.2. The number of aromatic hydroxyl groups is 7. The molecular weight excluding hydrogens is 2510 g/mol. The highest BCUT2D eigenvalue weighted by molar-refractivity contribution is 8.93. The van der Waals surface area contributed by atoms with Crippen LogP contribution in [0.4, 0.5) is 20.2 Å². The number of halogens is 22. The van der Waals surface area contributed by atoms with Crippen LogP contribution in [0.25, 0.3) is 65.4 Å². The van der Waals surface area contributed by atoms with E-state index in [0.29, 0.717) is 43.0 Å². The van der Waals surface area contributed by atoms with Crippen LogP contribution >= 0.6 is 264 Å². The Bertz CT molecular complexity index is 7560. The minimum Gasteiger partial charge on any atom is -0.504 e. The molecule has 1 amide bonds. The van der Waals surface area contributed by atoms with Crippen LogP contribution in [-0.2, 0) is 32.7 Å². The van der Waals surface area contributed by atoms with Gasteiger partial charge in [0.25, 0.3) is 33.4 Å². The summed E-state index contributed by atoms with van der Waals surface area (Å²) in [6, 6.07) is 19.3. The van der Waals surface area contributed by atoms with Crippen LogP contribution in [0.3, 0.4) is 0 Å². The lowest BCUT2D eigenvalue weighted by Gasteiger charge is -2.18. The Labute approximate surface area is 918 Å². The summed E-state index contributed by atoms with van der Waals surface area (Å²) in [5.74, 6) is -4.05. The Kier molecular flexibility index (Phi) is 46.3. The van der Waals surface area contributed by atoms with E-state index in [-0.39, 0.29) is 330 Å². The third kappa shape index (κ3) is 27.3. The number of aryl methyl sites for hydroxylation is 1. The number of amides is 1. The lowest BCUT2D eigenvalue weighted by Crippen LogP contribution is -2.31. The molecule has 0 spiro atoms. The molecule has 16 rings (SSSR count). The van der Waals surface area contributed by atoms with Gasteiger partial charge >= 0.3 is 11.9 Å². The van der Waals surface area contributed by atoms with Gasteiger partial charge in [0, 0.05) is 43.3 Å². The molecule has 0 atom stereocenters. The predicted octanol–water partition coefficient (Wildman–Crippen LogP) is 24.1. The average molecular weight is 2590 g/mol. The number of benzene rings is 8. The number of fused-ring (bicyclic) bond motifs is 7. The second-order valence-corrected chi connectivity index (χ2v) is 35.2. The molecule has 15 aromatic rings. The number of aromatic nitrogens is 13. The third-order valence-electron chi connectivity index (χ3n) is 19.8. The molecule has 1 aliphatic rings. The first-order valence-electron chi connectivity index (χ1n) is 39.2. The second kappa shape index (κ2) is 53.0. The molecule has 0 bridgehead atoms. The maximum atomic E-state index is 13.6. The summed E-state index contributed by atoms with van der Waals surface area (Å²) in [5, 5.41) is 71.2. The number of rotatable bonds is 17. The first-order chi connectivity index (χ1) is 62.9. The molecule has 8 aromatic carbocycles. The highest BCUT2D eigenvalue weighted by Gasteiger charge is 2.35. The molecule has 0 saturated carbocycles. The van der Waals surface area contributed by atoms with Gasteiger partial charge in [-0.15, -0.1) is 102 Å². The summed E-state index contributed by atoms with van der Waals surface area (Å²) in [6.07, 6.45) is 9.99. The van der Waals surface area contributed by atoms with Gasteiger partial charge in [-0.3, -0.25) is 61.2 Å². The monoisotopic (exact) mass is 2570 g/mol. The average Bonchev–Trinajstić information content (AvgIpc) is 0.806. The lowest BCUT2D eigenvalue weighted by molar-refractivity contribution is -0.387.